The molecule has 0 aromatic heterocycles. The largest absolute Gasteiger partial charge is 0.466 e. The molecule has 13 heteroatoms. The van der Waals surface area contributed by atoms with Crippen molar-refractivity contribution in [1.29, 1.82) is 0 Å². The fourth-order valence-electron chi connectivity index (χ4n) is 3.93. The predicted octanol–water partition coefficient (Wildman–Crippen LogP) is 3.46. The standard InChI is InChI=1S/C25H28F3N3O6S/c1-2-37-23(33)15-22(32)30-19-10-6-17(7-11-19)16-31(21-5-3-4-14-29-24(21)34)38(35,36)20-12-8-18(9-13-20)25(26,27)28/h6-13,21H,2-5,14-16H2,1H3,(H,29,34)(H,30,32). The van der Waals surface area contributed by atoms with Gasteiger partial charge in [-0.2, -0.15) is 17.5 Å². The van der Waals surface area contributed by atoms with E-state index in [1.54, 1.807) is 19.1 Å². The van der Waals surface area contributed by atoms with Gasteiger partial charge in [-0.25, -0.2) is 8.42 Å². The van der Waals surface area contributed by atoms with E-state index in [0.717, 1.165) is 16.4 Å². The lowest BCUT2D eigenvalue weighted by Crippen LogP contribution is -2.48. The SMILES string of the molecule is CCOC(=O)CC(=O)Nc1ccc(CN(C2CCCCNC2=O)S(=O)(=O)c2ccc(C(F)(F)F)cc2)cc1. The van der Waals surface area contributed by atoms with Crippen LogP contribution in [0.1, 0.15) is 43.7 Å². The lowest BCUT2D eigenvalue weighted by atomic mass is 10.1. The van der Waals surface area contributed by atoms with Gasteiger partial charge >= 0.3 is 12.1 Å². The Kier molecular flexibility index (Phi) is 9.50. The fraction of sp³-hybridized carbons (Fsp3) is 0.400. The summed E-state index contributed by atoms with van der Waals surface area (Å²) in [5.41, 5.74) is -0.163. The minimum absolute atomic E-state index is 0.145. The van der Waals surface area contributed by atoms with Crippen LogP contribution in [0.25, 0.3) is 0 Å². The summed E-state index contributed by atoms with van der Waals surface area (Å²) < 4.78 is 71.9. The molecule has 1 unspecified atom stereocenters. The van der Waals surface area contributed by atoms with Crippen molar-refractivity contribution in [2.75, 3.05) is 18.5 Å². The molecule has 1 aliphatic rings. The van der Waals surface area contributed by atoms with Gasteiger partial charge in [0.15, 0.2) is 0 Å². The van der Waals surface area contributed by atoms with Crippen molar-refractivity contribution in [2.45, 2.75) is 56.3 Å². The van der Waals surface area contributed by atoms with Gasteiger partial charge < -0.3 is 15.4 Å². The molecule has 2 aromatic carbocycles. The zero-order valence-electron chi connectivity index (χ0n) is 20.6. The van der Waals surface area contributed by atoms with Gasteiger partial charge in [-0.1, -0.05) is 12.1 Å². The van der Waals surface area contributed by atoms with Crippen LogP contribution < -0.4 is 10.6 Å². The highest BCUT2D eigenvalue weighted by Crippen LogP contribution is 2.31. The molecule has 3 rings (SSSR count). The third kappa shape index (κ3) is 7.54. The monoisotopic (exact) mass is 555 g/mol. The molecule has 9 nitrogen and oxygen atoms in total. The number of carbonyl (C=O) groups excluding carboxylic acids is 3. The van der Waals surface area contributed by atoms with Crippen LogP contribution in [-0.4, -0.2) is 49.7 Å². The summed E-state index contributed by atoms with van der Waals surface area (Å²) >= 11 is 0. The highest BCUT2D eigenvalue weighted by Gasteiger charge is 2.37. The van der Waals surface area contributed by atoms with Gasteiger partial charge in [-0.15, -0.1) is 0 Å². The zero-order chi connectivity index (χ0) is 27.9. The van der Waals surface area contributed by atoms with Gasteiger partial charge in [0.25, 0.3) is 0 Å². The smallest absolute Gasteiger partial charge is 0.416 e. The Balaban J connectivity index is 1.86. The lowest BCUT2D eigenvalue weighted by molar-refractivity contribution is -0.145. The Morgan fingerprint density at radius 2 is 1.74 bits per heavy atom. The summed E-state index contributed by atoms with van der Waals surface area (Å²) in [6, 6.07) is 8.17. The average molecular weight is 556 g/mol. The van der Waals surface area contributed by atoms with Crippen molar-refractivity contribution in [3.63, 3.8) is 0 Å². The topological polar surface area (TPSA) is 122 Å². The van der Waals surface area contributed by atoms with Crippen LogP contribution in [0.5, 0.6) is 0 Å². The quantitative estimate of drug-likeness (QED) is 0.361. The van der Waals surface area contributed by atoms with E-state index in [1.807, 2.05) is 0 Å². The number of ether oxygens (including phenoxy) is 1. The molecule has 1 saturated heterocycles. The maximum Gasteiger partial charge on any atom is 0.416 e. The molecule has 2 N–H and O–H groups in total. The third-order valence-electron chi connectivity index (χ3n) is 5.83. The number of benzene rings is 2. The van der Waals surface area contributed by atoms with Crippen LogP contribution in [0.2, 0.25) is 0 Å². The molecule has 0 saturated carbocycles. The van der Waals surface area contributed by atoms with Crippen molar-refractivity contribution in [3.8, 4) is 0 Å². The van der Waals surface area contributed by atoms with Gasteiger partial charge in [-0.05, 0) is 68.1 Å². The number of sulfonamides is 1. The Hall–Kier alpha value is -3.45. The van der Waals surface area contributed by atoms with Gasteiger partial charge in [-0.3, -0.25) is 14.4 Å². The van der Waals surface area contributed by atoms with E-state index in [2.05, 4.69) is 10.6 Å². The molecule has 0 radical (unpaired) electrons. The molecule has 2 aromatic rings. The van der Waals surface area contributed by atoms with Crippen LogP contribution in [0.15, 0.2) is 53.4 Å². The molecule has 2 amide bonds. The second-order valence-electron chi connectivity index (χ2n) is 8.60. The number of carbonyl (C=O) groups is 3. The van der Waals surface area contributed by atoms with Gasteiger partial charge in [0.05, 0.1) is 17.1 Å². The highest BCUT2D eigenvalue weighted by atomic mass is 32.2. The van der Waals surface area contributed by atoms with Crippen molar-refractivity contribution in [2.24, 2.45) is 0 Å². The van der Waals surface area contributed by atoms with Crippen LogP contribution in [-0.2, 0) is 41.9 Å². The molecule has 0 bridgehead atoms. The number of alkyl halides is 3. The molecule has 0 spiro atoms. The van der Waals surface area contributed by atoms with E-state index in [1.165, 1.54) is 12.1 Å². The Bertz CT molecular complexity index is 1250. The fourth-order valence-corrected chi connectivity index (χ4v) is 5.54. The van der Waals surface area contributed by atoms with Gasteiger partial charge in [0.1, 0.15) is 12.5 Å². The highest BCUT2D eigenvalue weighted by molar-refractivity contribution is 7.89. The van der Waals surface area contributed by atoms with Crippen molar-refractivity contribution >= 4 is 33.5 Å². The summed E-state index contributed by atoms with van der Waals surface area (Å²) in [7, 11) is -4.37. The molecule has 1 heterocycles. The third-order valence-corrected chi connectivity index (χ3v) is 7.70. The van der Waals surface area contributed by atoms with Crippen molar-refractivity contribution in [1.82, 2.24) is 9.62 Å². The number of nitrogens with zero attached hydrogens (tertiary/aromatic N) is 1. The molecule has 0 aliphatic carbocycles. The summed E-state index contributed by atoms with van der Waals surface area (Å²) in [4.78, 5) is 35.9. The molecule has 1 aliphatic heterocycles. The maximum absolute atomic E-state index is 13.6. The first-order chi connectivity index (χ1) is 17.9. The average Bonchev–Trinajstić information content (AvgIpc) is 3.07. The number of halogens is 3. The summed E-state index contributed by atoms with van der Waals surface area (Å²) in [5.74, 6) is -1.74. The van der Waals surface area contributed by atoms with E-state index >= 15 is 0 Å². The molecule has 1 atom stereocenters. The van der Waals surface area contributed by atoms with E-state index in [4.69, 9.17) is 4.74 Å². The second-order valence-corrected chi connectivity index (χ2v) is 10.5. The van der Waals surface area contributed by atoms with Gasteiger partial charge in [0.2, 0.25) is 21.8 Å². The predicted molar refractivity (Wildman–Crippen MR) is 131 cm³/mol. The first-order valence-corrected chi connectivity index (χ1v) is 13.4. The van der Waals surface area contributed by atoms with E-state index in [0.29, 0.717) is 42.8 Å². The number of nitrogens with one attached hydrogen (secondary N) is 2. The first kappa shape index (κ1) is 29.1. The van der Waals surface area contributed by atoms with E-state index in [-0.39, 0.29) is 24.5 Å². The molecular weight excluding hydrogens is 527 g/mol. The maximum atomic E-state index is 13.6. The van der Waals surface area contributed by atoms with Crippen LogP contribution >= 0.6 is 0 Å². The minimum atomic E-state index is -4.63. The molecule has 206 valence electrons. The van der Waals surface area contributed by atoms with Crippen LogP contribution in [0, 0.1) is 0 Å². The summed E-state index contributed by atoms with van der Waals surface area (Å²) in [6.45, 7) is 1.92. The normalized spacial score (nSPS) is 16.4. The van der Waals surface area contributed by atoms with Gasteiger partial charge in [0, 0.05) is 18.8 Å². The molecular formula is C25H28F3N3O6S. The first-order valence-electron chi connectivity index (χ1n) is 11.9. The Labute approximate surface area is 218 Å². The minimum Gasteiger partial charge on any atom is -0.466 e. The van der Waals surface area contributed by atoms with E-state index < -0.39 is 52.0 Å². The Morgan fingerprint density at radius 1 is 1.08 bits per heavy atom. The summed E-state index contributed by atoms with van der Waals surface area (Å²) in [6.07, 6.45) is -3.61. The number of anilines is 1. The lowest BCUT2D eigenvalue weighted by Gasteiger charge is -2.29. The second kappa shape index (κ2) is 12.4. The Morgan fingerprint density at radius 3 is 2.34 bits per heavy atom. The number of hydrogen-bond donors (Lipinski definition) is 2. The molecule has 1 fully saturated rings. The van der Waals surface area contributed by atoms with Crippen molar-refractivity contribution < 1.29 is 40.7 Å². The number of esters is 1. The number of rotatable bonds is 9. The van der Waals surface area contributed by atoms with Crippen LogP contribution in [0.4, 0.5) is 18.9 Å². The summed E-state index contributed by atoms with van der Waals surface area (Å²) in [5, 5.41) is 5.23. The zero-order valence-corrected chi connectivity index (χ0v) is 21.4. The van der Waals surface area contributed by atoms with Crippen LogP contribution in [0.3, 0.4) is 0 Å². The van der Waals surface area contributed by atoms with Crippen molar-refractivity contribution in [3.05, 3.63) is 59.7 Å². The van der Waals surface area contributed by atoms with E-state index in [9.17, 15) is 36.0 Å². The number of amides is 2. The molecule has 38 heavy (non-hydrogen) atoms. The number of hydrogen-bond acceptors (Lipinski definition) is 6.